The second kappa shape index (κ2) is 8.33. The zero-order valence-corrected chi connectivity index (χ0v) is 19.5. The minimum atomic E-state index is -2.11. The van der Waals surface area contributed by atoms with Crippen LogP contribution in [0.25, 0.3) is 0 Å². The summed E-state index contributed by atoms with van der Waals surface area (Å²) < 4.78 is 10.3. The minimum Gasteiger partial charge on any atom is -0.515 e. The Balaban J connectivity index is 2.30. The number of hydrogen-bond donors (Lipinski definition) is 1. The molecule has 27 heavy (non-hydrogen) atoms. The van der Waals surface area contributed by atoms with Crippen molar-refractivity contribution in [2.45, 2.75) is 50.7 Å². The number of amides is 1. The van der Waals surface area contributed by atoms with Crippen molar-refractivity contribution >= 4 is 46.7 Å². The van der Waals surface area contributed by atoms with Gasteiger partial charge in [-0.2, -0.15) is 0 Å². The standard InChI is InChI=1S/C17H28N2O5SSi2/c1-26(2,3)18-13-15(21)19-14(17(22)24-27(4,5)6)12(10-25-16(13)19)8-7-9-23-11-20/h7-8,11,13,16,18H,9-10H2,1-6H3/t13?,16-/m0/s1. The maximum absolute atomic E-state index is 12.9. The third-order valence-corrected chi connectivity index (χ3v) is 7.04. The molecule has 1 N–H and O–H groups in total. The van der Waals surface area contributed by atoms with Crippen molar-refractivity contribution in [3.63, 3.8) is 0 Å². The highest BCUT2D eigenvalue weighted by Crippen LogP contribution is 2.41. The van der Waals surface area contributed by atoms with Crippen LogP contribution in [0.5, 0.6) is 0 Å². The number of fused-ring (bicyclic) bond motifs is 1. The molecule has 2 heterocycles. The van der Waals surface area contributed by atoms with Crippen LogP contribution in [-0.2, 0) is 23.5 Å². The predicted octanol–water partition coefficient (Wildman–Crippen LogP) is 2.06. The molecule has 10 heteroatoms. The van der Waals surface area contributed by atoms with Gasteiger partial charge >= 0.3 is 5.97 Å². The predicted molar refractivity (Wildman–Crippen MR) is 111 cm³/mol. The molecule has 1 unspecified atom stereocenters. The van der Waals surface area contributed by atoms with E-state index in [2.05, 4.69) is 29.4 Å². The van der Waals surface area contributed by atoms with Gasteiger partial charge in [-0.1, -0.05) is 25.7 Å². The van der Waals surface area contributed by atoms with E-state index in [0.717, 1.165) is 0 Å². The Morgan fingerprint density at radius 1 is 1.30 bits per heavy atom. The lowest BCUT2D eigenvalue weighted by molar-refractivity contribution is -0.147. The number of β-lactam (4-membered cyclic amide) rings is 1. The Morgan fingerprint density at radius 3 is 2.52 bits per heavy atom. The molecule has 150 valence electrons. The number of carbonyl (C=O) groups excluding carboxylic acids is 3. The maximum atomic E-state index is 12.9. The number of thioether (sulfide) groups is 1. The zero-order chi connectivity index (χ0) is 20.4. The molecule has 2 atom stereocenters. The SMILES string of the molecule is C[Si](C)(C)NC1C(=O)N2C(C(=O)O[Si](C)(C)C)=C(C=CCOC=O)CS[C@@H]12. The fraction of sp³-hybridized carbons (Fsp3) is 0.588. The molecule has 0 radical (unpaired) electrons. The average Bonchev–Trinajstić information content (AvgIpc) is 2.53. The number of hydrogen-bond acceptors (Lipinski definition) is 7. The number of carbonyl (C=O) groups is 3. The van der Waals surface area contributed by atoms with Gasteiger partial charge in [-0.15, -0.1) is 11.8 Å². The molecule has 0 saturated carbocycles. The van der Waals surface area contributed by atoms with E-state index in [4.69, 9.17) is 4.43 Å². The fourth-order valence-corrected chi connectivity index (χ4v) is 6.14. The number of ether oxygens (including phenoxy) is 1. The monoisotopic (exact) mass is 428 g/mol. The van der Waals surface area contributed by atoms with Crippen molar-refractivity contribution in [3.05, 3.63) is 23.4 Å². The third kappa shape index (κ3) is 5.56. The summed E-state index contributed by atoms with van der Waals surface area (Å²) in [5.41, 5.74) is 1.04. The fourth-order valence-electron chi connectivity index (χ4n) is 2.84. The lowest BCUT2D eigenvalue weighted by atomic mass is 10.0. The van der Waals surface area contributed by atoms with E-state index in [1.54, 1.807) is 28.8 Å². The molecular formula is C17H28N2O5SSi2. The summed E-state index contributed by atoms with van der Waals surface area (Å²) in [5.74, 6) is 0.0499. The first-order valence-corrected chi connectivity index (χ1v) is 16.8. The quantitative estimate of drug-likeness (QED) is 0.274. The topological polar surface area (TPSA) is 84.9 Å². The summed E-state index contributed by atoms with van der Waals surface area (Å²) in [5, 5.41) is -0.100. The number of nitrogens with zero attached hydrogens (tertiary/aromatic N) is 1. The van der Waals surface area contributed by atoms with E-state index in [-0.39, 0.29) is 23.9 Å². The summed E-state index contributed by atoms with van der Waals surface area (Å²) in [6.07, 6.45) is 3.40. The van der Waals surface area contributed by atoms with E-state index < -0.39 is 22.5 Å². The lowest BCUT2D eigenvalue weighted by Crippen LogP contribution is -2.73. The molecule has 0 aromatic heterocycles. The Morgan fingerprint density at radius 2 is 1.96 bits per heavy atom. The lowest BCUT2D eigenvalue weighted by Gasteiger charge is -2.51. The van der Waals surface area contributed by atoms with Gasteiger partial charge in [0.1, 0.15) is 32.0 Å². The van der Waals surface area contributed by atoms with Gasteiger partial charge in [0, 0.05) is 5.75 Å². The van der Waals surface area contributed by atoms with Gasteiger partial charge in [-0.3, -0.25) is 14.5 Å². The highest BCUT2D eigenvalue weighted by Gasteiger charge is 2.54. The maximum Gasteiger partial charge on any atom is 0.342 e. The Bertz CT molecular complexity index is 682. The first kappa shape index (κ1) is 21.9. The highest BCUT2D eigenvalue weighted by atomic mass is 32.2. The van der Waals surface area contributed by atoms with Crippen LogP contribution in [0.15, 0.2) is 23.4 Å². The molecule has 0 aromatic rings. The summed E-state index contributed by atoms with van der Waals surface area (Å²) >= 11 is 1.63. The van der Waals surface area contributed by atoms with Crippen LogP contribution in [0.3, 0.4) is 0 Å². The molecule has 2 rings (SSSR count). The van der Waals surface area contributed by atoms with E-state index in [1.807, 2.05) is 19.6 Å². The first-order valence-electron chi connectivity index (χ1n) is 8.85. The summed E-state index contributed by atoms with van der Waals surface area (Å²) in [7, 11) is -3.76. The molecule has 0 spiro atoms. The molecule has 0 aliphatic carbocycles. The molecule has 0 bridgehead atoms. The van der Waals surface area contributed by atoms with Gasteiger partial charge in [0.05, 0.1) is 0 Å². The van der Waals surface area contributed by atoms with Crippen LogP contribution in [0, 0.1) is 0 Å². The summed E-state index contributed by atoms with van der Waals surface area (Å²) in [6, 6.07) is -0.264. The van der Waals surface area contributed by atoms with Crippen molar-refractivity contribution in [3.8, 4) is 0 Å². The van der Waals surface area contributed by atoms with E-state index in [9.17, 15) is 14.4 Å². The van der Waals surface area contributed by atoms with E-state index in [0.29, 0.717) is 23.5 Å². The van der Waals surface area contributed by atoms with E-state index in [1.165, 1.54) is 0 Å². The smallest absolute Gasteiger partial charge is 0.342 e. The Kier molecular flexibility index (Phi) is 6.77. The molecule has 0 aromatic carbocycles. The normalized spacial score (nSPS) is 23.2. The Hall–Kier alpha value is -1.37. The molecule has 2 aliphatic rings. The van der Waals surface area contributed by atoms with Crippen LogP contribution in [0.1, 0.15) is 0 Å². The number of allylic oxidation sites excluding steroid dienone is 1. The second-order valence-corrected chi connectivity index (χ2v) is 18.8. The number of rotatable bonds is 8. The summed E-state index contributed by atoms with van der Waals surface area (Å²) in [6.45, 7) is 12.7. The average molecular weight is 429 g/mol. The third-order valence-electron chi connectivity index (χ3n) is 3.76. The van der Waals surface area contributed by atoms with Crippen molar-refractivity contribution < 1.29 is 23.5 Å². The van der Waals surface area contributed by atoms with Crippen molar-refractivity contribution in [1.82, 2.24) is 9.88 Å². The number of nitrogens with one attached hydrogen (secondary N) is 1. The molecule has 1 amide bonds. The molecule has 1 saturated heterocycles. The second-order valence-electron chi connectivity index (χ2n) is 8.49. The van der Waals surface area contributed by atoms with Gasteiger partial charge in [0.25, 0.3) is 6.47 Å². The van der Waals surface area contributed by atoms with Crippen LogP contribution in [-0.4, -0.2) is 63.6 Å². The van der Waals surface area contributed by atoms with E-state index >= 15 is 0 Å². The molecular weight excluding hydrogens is 400 g/mol. The van der Waals surface area contributed by atoms with Gasteiger partial charge < -0.3 is 14.1 Å². The minimum absolute atomic E-state index is 0.0906. The molecule has 1 fully saturated rings. The van der Waals surface area contributed by atoms with Crippen molar-refractivity contribution in [2.24, 2.45) is 0 Å². The van der Waals surface area contributed by atoms with Crippen LogP contribution >= 0.6 is 11.8 Å². The van der Waals surface area contributed by atoms with Crippen LogP contribution in [0.4, 0.5) is 0 Å². The Labute approximate surface area is 166 Å². The molecule has 7 nitrogen and oxygen atoms in total. The largest absolute Gasteiger partial charge is 0.515 e. The zero-order valence-electron chi connectivity index (χ0n) is 16.7. The van der Waals surface area contributed by atoms with Gasteiger partial charge in [-0.25, -0.2) is 4.79 Å². The van der Waals surface area contributed by atoms with Gasteiger partial charge in [-0.05, 0) is 31.3 Å². The van der Waals surface area contributed by atoms with Crippen molar-refractivity contribution in [1.29, 1.82) is 0 Å². The summed E-state index contributed by atoms with van der Waals surface area (Å²) in [4.78, 5) is 41.0. The molecule has 2 aliphatic heterocycles. The van der Waals surface area contributed by atoms with Gasteiger partial charge in [0.15, 0.2) is 0 Å². The van der Waals surface area contributed by atoms with Crippen molar-refractivity contribution in [2.75, 3.05) is 12.4 Å². The van der Waals surface area contributed by atoms with Crippen LogP contribution in [0.2, 0.25) is 39.3 Å². The van der Waals surface area contributed by atoms with Crippen LogP contribution < -0.4 is 4.98 Å². The van der Waals surface area contributed by atoms with Gasteiger partial charge in [0.2, 0.25) is 14.2 Å². The first-order chi connectivity index (χ1) is 12.4. The highest BCUT2D eigenvalue weighted by molar-refractivity contribution is 8.00.